The van der Waals surface area contributed by atoms with Gasteiger partial charge in [-0.3, -0.25) is 14.8 Å². The Morgan fingerprint density at radius 1 is 1.10 bits per heavy atom. The molecule has 2 bridgehead atoms. The number of carbonyl (C=O) groups is 1. The number of anilines is 1. The number of nitrogens with zero attached hydrogens (tertiary/aromatic N) is 5. The smallest absolute Gasteiger partial charge is 0.322 e. The first-order valence-electron chi connectivity index (χ1n) is 13.4. The highest BCUT2D eigenvalue weighted by molar-refractivity contribution is 6.04. The molecule has 2 fully saturated rings. The lowest BCUT2D eigenvalue weighted by molar-refractivity contribution is -0.138. The third-order valence-electron chi connectivity index (χ3n) is 7.82. The van der Waals surface area contributed by atoms with Crippen LogP contribution in [0.25, 0.3) is 11.2 Å². The van der Waals surface area contributed by atoms with Gasteiger partial charge in [-0.05, 0) is 68.1 Å². The Morgan fingerprint density at radius 3 is 2.63 bits per heavy atom. The number of aryl methyl sites for hydroxylation is 1. The van der Waals surface area contributed by atoms with Crippen molar-refractivity contribution in [2.75, 3.05) is 25.5 Å². The number of likely N-dealkylation sites (tertiary alicyclic amines) is 1. The van der Waals surface area contributed by atoms with Crippen LogP contribution in [-0.2, 0) is 12.7 Å². The first-order chi connectivity index (χ1) is 19.6. The lowest BCUT2D eigenvalue weighted by atomic mass is 10.0. The monoisotopic (exact) mass is 559 g/mol. The Morgan fingerprint density at radius 2 is 1.88 bits per heavy atom. The van der Waals surface area contributed by atoms with Crippen molar-refractivity contribution in [1.29, 1.82) is 0 Å². The van der Waals surface area contributed by atoms with Gasteiger partial charge in [0, 0.05) is 48.5 Å². The van der Waals surface area contributed by atoms with E-state index in [1.165, 1.54) is 12.3 Å². The fourth-order valence-electron chi connectivity index (χ4n) is 5.74. The fourth-order valence-corrected chi connectivity index (χ4v) is 5.74. The topological polar surface area (TPSA) is 90.0 Å². The molecular formula is C30H28F3N7O. The van der Waals surface area contributed by atoms with Crippen LogP contribution in [0.5, 0.6) is 0 Å². The molecule has 6 rings (SSSR count). The van der Waals surface area contributed by atoms with Gasteiger partial charge < -0.3 is 10.2 Å². The van der Waals surface area contributed by atoms with Gasteiger partial charge in [-0.1, -0.05) is 18.1 Å². The number of rotatable bonds is 4. The van der Waals surface area contributed by atoms with Gasteiger partial charge in [0.2, 0.25) is 0 Å². The molecule has 2 aromatic carbocycles. The molecule has 2 N–H and O–H groups in total. The molecule has 0 radical (unpaired) electrons. The number of H-pyrrole nitrogens is 1. The van der Waals surface area contributed by atoms with Crippen LogP contribution in [0, 0.1) is 18.8 Å². The predicted molar refractivity (Wildman–Crippen MR) is 148 cm³/mol. The molecule has 2 aliphatic heterocycles. The zero-order valence-corrected chi connectivity index (χ0v) is 22.6. The fraction of sp³-hybridized carbons (Fsp3) is 0.333. The minimum atomic E-state index is -4.54. The molecule has 8 nitrogen and oxygen atoms in total. The third kappa shape index (κ3) is 5.66. The van der Waals surface area contributed by atoms with E-state index in [9.17, 15) is 18.0 Å². The van der Waals surface area contributed by atoms with Gasteiger partial charge in [0.25, 0.3) is 5.91 Å². The molecule has 0 aliphatic carbocycles. The number of halogens is 3. The summed E-state index contributed by atoms with van der Waals surface area (Å²) in [5.41, 5.74) is 2.89. The highest BCUT2D eigenvalue weighted by Crippen LogP contribution is 2.37. The number of hydrogen-bond acceptors (Lipinski definition) is 6. The van der Waals surface area contributed by atoms with Crippen molar-refractivity contribution in [2.24, 2.45) is 0 Å². The van der Waals surface area contributed by atoms with E-state index >= 15 is 0 Å². The molecule has 4 aromatic rings. The summed E-state index contributed by atoms with van der Waals surface area (Å²) in [4.78, 5) is 26.1. The van der Waals surface area contributed by atoms with Gasteiger partial charge in [-0.15, -0.1) is 0 Å². The highest BCUT2D eigenvalue weighted by atomic mass is 19.4. The van der Waals surface area contributed by atoms with Crippen molar-refractivity contribution >= 4 is 22.8 Å². The van der Waals surface area contributed by atoms with Crippen LogP contribution >= 0.6 is 0 Å². The second-order valence-corrected chi connectivity index (χ2v) is 10.7. The summed E-state index contributed by atoms with van der Waals surface area (Å²) in [6, 6.07) is 9.57. The molecule has 2 aromatic heterocycles. The number of amides is 1. The Kier molecular flexibility index (Phi) is 6.97. The van der Waals surface area contributed by atoms with E-state index in [0.29, 0.717) is 22.4 Å². The van der Waals surface area contributed by atoms with Crippen LogP contribution in [0.1, 0.15) is 51.1 Å². The maximum absolute atomic E-state index is 14.1. The van der Waals surface area contributed by atoms with Gasteiger partial charge in [0.1, 0.15) is 11.2 Å². The largest absolute Gasteiger partial charge is 0.416 e. The highest BCUT2D eigenvalue weighted by Gasteiger charge is 2.40. The lowest BCUT2D eigenvalue weighted by Gasteiger charge is -2.39. The molecule has 11 heteroatoms. The number of aromatic nitrogens is 4. The maximum Gasteiger partial charge on any atom is 0.416 e. The average molecular weight is 560 g/mol. The van der Waals surface area contributed by atoms with Gasteiger partial charge in [0.05, 0.1) is 18.0 Å². The van der Waals surface area contributed by atoms with Crippen molar-refractivity contribution in [3.05, 3.63) is 82.3 Å². The summed E-state index contributed by atoms with van der Waals surface area (Å²) in [5.74, 6) is 5.44. The van der Waals surface area contributed by atoms with Crippen LogP contribution in [-0.4, -0.2) is 68.1 Å². The average Bonchev–Trinajstić information content (AvgIpc) is 3.49. The van der Waals surface area contributed by atoms with Gasteiger partial charge in [-0.25, -0.2) is 9.97 Å². The standard InChI is InChI=1S/C30H28F3N7O/c1-18-3-4-20(11-19(18)5-8-23-13-34-28-27(36-23)14-35-38-28)29(41)37-22-7-6-21(26(12-22)30(31,32)33)15-40-24-9-10-25(40)17-39(2)16-24/h3-4,6-7,11-14,24-25H,9-10,15-17H2,1-2H3,(H,37,41)(H,34,35,38). The predicted octanol–water partition coefficient (Wildman–Crippen LogP) is 4.61. The van der Waals surface area contributed by atoms with E-state index in [2.05, 4.69) is 54.2 Å². The summed E-state index contributed by atoms with van der Waals surface area (Å²) in [6.07, 6.45) is 0.532. The Balaban J connectivity index is 1.21. The molecule has 4 heterocycles. The quantitative estimate of drug-likeness (QED) is 0.355. The number of fused-ring (bicyclic) bond motifs is 3. The Bertz CT molecular complexity index is 1670. The number of nitrogens with one attached hydrogen (secondary N) is 2. The van der Waals surface area contributed by atoms with Gasteiger partial charge in [-0.2, -0.15) is 18.3 Å². The van der Waals surface area contributed by atoms with E-state index in [4.69, 9.17) is 0 Å². The Hall–Kier alpha value is -4.27. The summed E-state index contributed by atoms with van der Waals surface area (Å²) in [6.45, 7) is 3.82. The zero-order valence-electron chi connectivity index (χ0n) is 22.6. The van der Waals surface area contributed by atoms with E-state index in [0.717, 1.165) is 37.6 Å². The molecule has 2 atom stereocenters. The van der Waals surface area contributed by atoms with Crippen LogP contribution in [0.4, 0.5) is 18.9 Å². The van der Waals surface area contributed by atoms with Crippen molar-refractivity contribution in [1.82, 2.24) is 30.0 Å². The van der Waals surface area contributed by atoms with E-state index in [1.807, 2.05) is 6.92 Å². The molecule has 41 heavy (non-hydrogen) atoms. The molecule has 2 unspecified atom stereocenters. The molecule has 2 saturated heterocycles. The minimum absolute atomic E-state index is 0.0873. The second kappa shape index (κ2) is 10.6. The summed E-state index contributed by atoms with van der Waals surface area (Å²) in [7, 11) is 2.06. The van der Waals surface area contributed by atoms with Crippen LogP contribution in [0.3, 0.4) is 0 Å². The number of alkyl halides is 3. The first kappa shape index (κ1) is 26.9. The van der Waals surface area contributed by atoms with Gasteiger partial charge in [0.15, 0.2) is 5.65 Å². The first-order valence-corrected chi connectivity index (χ1v) is 13.4. The number of piperazine rings is 1. The second-order valence-electron chi connectivity index (χ2n) is 10.7. The van der Waals surface area contributed by atoms with E-state index in [1.54, 1.807) is 30.5 Å². The molecule has 1 amide bonds. The number of carbonyl (C=O) groups excluding carboxylic acids is 1. The van der Waals surface area contributed by atoms with Crippen molar-refractivity contribution in [2.45, 2.75) is 44.6 Å². The number of benzene rings is 2. The normalized spacial score (nSPS) is 19.2. The molecule has 210 valence electrons. The molecule has 2 aliphatic rings. The summed E-state index contributed by atoms with van der Waals surface area (Å²) in [5, 5.41) is 9.25. The van der Waals surface area contributed by atoms with Gasteiger partial charge >= 0.3 is 6.18 Å². The number of hydrogen-bond donors (Lipinski definition) is 2. The minimum Gasteiger partial charge on any atom is -0.322 e. The van der Waals surface area contributed by atoms with Crippen LogP contribution in [0.2, 0.25) is 0 Å². The molecule has 0 saturated carbocycles. The van der Waals surface area contributed by atoms with E-state index in [-0.39, 0.29) is 35.4 Å². The molecular weight excluding hydrogens is 531 g/mol. The van der Waals surface area contributed by atoms with E-state index < -0.39 is 17.6 Å². The number of aromatic amines is 1. The van der Waals surface area contributed by atoms with Crippen LogP contribution < -0.4 is 5.32 Å². The Labute approximate surface area is 235 Å². The number of likely N-dealkylation sites (N-methyl/N-ethyl adjacent to an activating group) is 1. The van der Waals surface area contributed by atoms with Crippen molar-refractivity contribution < 1.29 is 18.0 Å². The lowest BCUT2D eigenvalue weighted by Crippen LogP contribution is -2.51. The van der Waals surface area contributed by atoms with Crippen LogP contribution in [0.15, 0.2) is 48.8 Å². The maximum atomic E-state index is 14.1. The zero-order chi connectivity index (χ0) is 28.7. The SMILES string of the molecule is Cc1ccc(C(=O)Nc2ccc(CN3C4CCC3CN(C)C4)c(C(F)(F)F)c2)cc1C#Cc1cnc2[nH]ncc2n1. The summed E-state index contributed by atoms with van der Waals surface area (Å²) >= 11 is 0. The van der Waals surface area contributed by atoms with Crippen molar-refractivity contribution in [3.8, 4) is 11.8 Å². The third-order valence-corrected chi connectivity index (χ3v) is 7.82. The summed E-state index contributed by atoms with van der Waals surface area (Å²) < 4.78 is 42.4. The molecule has 0 spiro atoms. The van der Waals surface area contributed by atoms with Crippen molar-refractivity contribution in [3.63, 3.8) is 0 Å².